The summed E-state index contributed by atoms with van der Waals surface area (Å²) in [5, 5.41) is 10.2. The average Bonchev–Trinajstić information content (AvgIpc) is 2.73. The summed E-state index contributed by atoms with van der Waals surface area (Å²) >= 11 is 0. The molecule has 5 nitrogen and oxygen atoms in total. The van der Waals surface area contributed by atoms with Crippen LogP contribution in [-0.2, 0) is 16.1 Å². The maximum Gasteiger partial charge on any atom is 0.315 e. The van der Waals surface area contributed by atoms with Gasteiger partial charge < -0.3 is 15.4 Å². The number of urea groups is 1. The highest BCUT2D eigenvalue weighted by atomic mass is 16.5. The van der Waals surface area contributed by atoms with Gasteiger partial charge in [-0.15, -0.1) is 0 Å². The number of ether oxygens (including phenoxy) is 1. The molecule has 3 aromatic carbocycles. The molecule has 0 spiro atoms. The Labute approximate surface area is 165 Å². The smallest absolute Gasteiger partial charge is 0.315 e. The second kappa shape index (κ2) is 9.22. The Kier molecular flexibility index (Phi) is 6.48. The van der Waals surface area contributed by atoms with E-state index >= 15 is 0 Å². The number of hydrogen-bond acceptors (Lipinski definition) is 3. The molecule has 0 saturated carbocycles. The monoisotopic (exact) mass is 378 g/mol. The maximum atomic E-state index is 12.2. The first-order valence-corrected chi connectivity index (χ1v) is 9.68. The quantitative estimate of drug-likeness (QED) is 0.364. The lowest BCUT2D eigenvalue weighted by molar-refractivity contribution is -0.147. The van der Waals surface area contributed by atoms with Gasteiger partial charge in [0, 0.05) is 6.54 Å². The van der Waals surface area contributed by atoms with E-state index in [1.54, 1.807) is 0 Å². The minimum atomic E-state index is -0.281. The number of benzene rings is 3. The highest BCUT2D eigenvalue weighted by Crippen LogP contribution is 2.28. The van der Waals surface area contributed by atoms with Crippen molar-refractivity contribution in [3.8, 4) is 0 Å². The predicted molar refractivity (Wildman–Crippen MR) is 112 cm³/mol. The van der Waals surface area contributed by atoms with Crippen LogP contribution in [0.5, 0.6) is 0 Å². The fourth-order valence-corrected chi connectivity index (χ4v) is 3.15. The van der Waals surface area contributed by atoms with Crippen LogP contribution in [0.4, 0.5) is 4.79 Å². The molecule has 0 aromatic heterocycles. The summed E-state index contributed by atoms with van der Waals surface area (Å²) in [6.45, 7) is 4.64. The van der Waals surface area contributed by atoms with Crippen molar-refractivity contribution in [2.45, 2.75) is 26.8 Å². The molecule has 1 atom stereocenters. The summed E-state index contributed by atoms with van der Waals surface area (Å²) < 4.78 is 5.14. The fraction of sp³-hybridized carbons (Fsp3) is 0.304. The SMILES string of the molecule is CCC(C)C(=O)OCCNC(=O)NCc1c2ccccc2cc2ccccc12. The van der Waals surface area contributed by atoms with E-state index in [9.17, 15) is 9.59 Å². The van der Waals surface area contributed by atoms with Gasteiger partial charge in [0.1, 0.15) is 6.61 Å². The molecule has 0 aliphatic rings. The van der Waals surface area contributed by atoms with E-state index in [2.05, 4.69) is 41.0 Å². The first kappa shape index (κ1) is 19.7. The predicted octanol–water partition coefficient (Wildman–Crippen LogP) is 4.38. The van der Waals surface area contributed by atoms with Crippen LogP contribution in [-0.4, -0.2) is 25.2 Å². The molecule has 146 valence electrons. The Balaban J connectivity index is 1.61. The Hall–Kier alpha value is -3.08. The number of hydrogen-bond donors (Lipinski definition) is 2. The third kappa shape index (κ3) is 4.60. The summed E-state index contributed by atoms with van der Waals surface area (Å²) in [6, 6.07) is 18.2. The molecule has 0 fully saturated rings. The van der Waals surface area contributed by atoms with Crippen LogP contribution >= 0.6 is 0 Å². The van der Waals surface area contributed by atoms with E-state index < -0.39 is 0 Å². The largest absolute Gasteiger partial charge is 0.464 e. The highest BCUT2D eigenvalue weighted by Gasteiger charge is 2.12. The van der Waals surface area contributed by atoms with Crippen LogP contribution in [0.15, 0.2) is 54.6 Å². The fourth-order valence-electron chi connectivity index (χ4n) is 3.15. The molecule has 1 unspecified atom stereocenters. The van der Waals surface area contributed by atoms with E-state index in [4.69, 9.17) is 4.74 Å². The zero-order chi connectivity index (χ0) is 19.9. The maximum absolute atomic E-state index is 12.2. The van der Waals surface area contributed by atoms with Gasteiger partial charge in [-0.05, 0) is 39.6 Å². The highest BCUT2D eigenvalue weighted by molar-refractivity contribution is 6.02. The molecule has 0 saturated heterocycles. The van der Waals surface area contributed by atoms with Gasteiger partial charge in [-0.3, -0.25) is 4.79 Å². The minimum absolute atomic E-state index is 0.117. The normalized spacial score (nSPS) is 11.9. The summed E-state index contributed by atoms with van der Waals surface area (Å²) in [5.41, 5.74) is 1.09. The first-order chi connectivity index (χ1) is 13.6. The molecule has 0 aliphatic carbocycles. The van der Waals surface area contributed by atoms with Crippen molar-refractivity contribution in [2.24, 2.45) is 5.92 Å². The lowest BCUT2D eigenvalue weighted by atomic mass is 9.97. The van der Waals surface area contributed by atoms with E-state index in [1.165, 1.54) is 0 Å². The summed E-state index contributed by atoms with van der Waals surface area (Å²) in [7, 11) is 0. The van der Waals surface area contributed by atoms with Crippen molar-refractivity contribution in [1.82, 2.24) is 10.6 Å². The average molecular weight is 378 g/mol. The number of amides is 2. The second-order valence-electron chi connectivity index (χ2n) is 6.88. The molecule has 0 heterocycles. The van der Waals surface area contributed by atoms with Crippen molar-refractivity contribution >= 4 is 33.5 Å². The van der Waals surface area contributed by atoms with Crippen LogP contribution in [0, 0.1) is 5.92 Å². The molecular weight excluding hydrogens is 352 g/mol. The van der Waals surface area contributed by atoms with Crippen molar-refractivity contribution in [1.29, 1.82) is 0 Å². The van der Waals surface area contributed by atoms with Gasteiger partial charge >= 0.3 is 12.0 Å². The second-order valence-corrected chi connectivity index (χ2v) is 6.88. The van der Waals surface area contributed by atoms with Gasteiger partial charge in [-0.25, -0.2) is 4.79 Å². The summed E-state index contributed by atoms with van der Waals surface area (Å²) in [4.78, 5) is 23.8. The van der Waals surface area contributed by atoms with Crippen LogP contribution in [0.1, 0.15) is 25.8 Å². The van der Waals surface area contributed by atoms with Gasteiger partial charge in [0.05, 0.1) is 12.5 Å². The van der Waals surface area contributed by atoms with Crippen molar-refractivity contribution in [2.75, 3.05) is 13.2 Å². The summed E-state index contributed by atoms with van der Waals surface area (Å²) in [6.07, 6.45) is 0.742. The summed E-state index contributed by atoms with van der Waals surface area (Å²) in [5.74, 6) is -0.347. The Bertz CT molecular complexity index is 930. The molecule has 28 heavy (non-hydrogen) atoms. The lowest BCUT2D eigenvalue weighted by Gasteiger charge is -2.13. The van der Waals surface area contributed by atoms with Crippen molar-refractivity contribution in [3.63, 3.8) is 0 Å². The van der Waals surface area contributed by atoms with Gasteiger partial charge in [-0.1, -0.05) is 62.4 Å². The minimum Gasteiger partial charge on any atom is -0.464 e. The Morgan fingerprint density at radius 2 is 1.57 bits per heavy atom. The molecule has 2 N–H and O–H groups in total. The topological polar surface area (TPSA) is 67.4 Å². The molecule has 0 bridgehead atoms. The van der Waals surface area contributed by atoms with Crippen LogP contribution < -0.4 is 10.6 Å². The molecule has 3 aromatic rings. The number of carbonyl (C=O) groups excluding carboxylic acids is 2. The zero-order valence-electron chi connectivity index (χ0n) is 16.3. The molecular formula is C23H26N2O3. The first-order valence-electron chi connectivity index (χ1n) is 9.68. The molecule has 2 amide bonds. The van der Waals surface area contributed by atoms with Gasteiger partial charge in [0.15, 0.2) is 0 Å². The molecule has 5 heteroatoms. The van der Waals surface area contributed by atoms with E-state index in [1.807, 2.05) is 38.1 Å². The zero-order valence-corrected chi connectivity index (χ0v) is 16.3. The van der Waals surface area contributed by atoms with Gasteiger partial charge in [-0.2, -0.15) is 0 Å². The Morgan fingerprint density at radius 3 is 2.18 bits per heavy atom. The third-order valence-electron chi connectivity index (χ3n) is 4.96. The van der Waals surface area contributed by atoms with Crippen molar-refractivity contribution < 1.29 is 14.3 Å². The third-order valence-corrected chi connectivity index (χ3v) is 4.96. The van der Waals surface area contributed by atoms with Crippen LogP contribution in [0.2, 0.25) is 0 Å². The number of esters is 1. The number of nitrogens with one attached hydrogen (secondary N) is 2. The van der Waals surface area contributed by atoms with Gasteiger partial charge in [0.25, 0.3) is 0 Å². The van der Waals surface area contributed by atoms with Gasteiger partial charge in [0.2, 0.25) is 0 Å². The number of carbonyl (C=O) groups is 2. The van der Waals surface area contributed by atoms with E-state index in [0.29, 0.717) is 6.54 Å². The van der Waals surface area contributed by atoms with Crippen LogP contribution in [0.3, 0.4) is 0 Å². The van der Waals surface area contributed by atoms with Crippen molar-refractivity contribution in [3.05, 3.63) is 60.2 Å². The molecule has 3 rings (SSSR count). The lowest BCUT2D eigenvalue weighted by Crippen LogP contribution is -2.37. The molecule has 0 radical (unpaired) electrons. The van der Waals surface area contributed by atoms with Crippen LogP contribution in [0.25, 0.3) is 21.5 Å². The molecule has 0 aliphatic heterocycles. The number of rotatable bonds is 7. The Morgan fingerprint density at radius 1 is 0.964 bits per heavy atom. The van der Waals surface area contributed by atoms with E-state index in [0.717, 1.165) is 33.5 Å². The number of fused-ring (bicyclic) bond motifs is 2. The standard InChI is InChI=1S/C23H26N2O3/c1-3-16(2)22(26)28-13-12-24-23(27)25-15-21-19-10-6-4-8-17(19)14-18-9-5-7-11-20(18)21/h4-11,14,16H,3,12-13,15H2,1-2H3,(H2,24,25,27). The van der Waals surface area contributed by atoms with E-state index in [-0.39, 0.29) is 31.1 Å².